The van der Waals surface area contributed by atoms with Gasteiger partial charge in [0.25, 0.3) is 0 Å². The molecule has 1 aliphatic heterocycles. The predicted octanol–water partition coefficient (Wildman–Crippen LogP) is 0.799. The van der Waals surface area contributed by atoms with Crippen molar-refractivity contribution in [3.63, 3.8) is 0 Å². The Morgan fingerprint density at radius 3 is 2.44 bits per heavy atom. The Morgan fingerprint density at radius 2 is 1.94 bits per heavy atom. The quantitative estimate of drug-likeness (QED) is 0.773. The summed E-state index contributed by atoms with van der Waals surface area (Å²) in [5.74, 6) is 0. The number of sulfonamides is 1. The molecule has 0 aromatic rings. The first kappa shape index (κ1) is 14.3. The molecule has 16 heavy (non-hydrogen) atoms. The third-order valence-corrected chi connectivity index (χ3v) is 6.12. The maximum atomic E-state index is 12.0. The van der Waals surface area contributed by atoms with E-state index in [0.717, 1.165) is 25.9 Å². The fourth-order valence-electron chi connectivity index (χ4n) is 1.57. The molecule has 1 saturated heterocycles. The lowest BCUT2D eigenvalue weighted by Gasteiger charge is -2.26. The van der Waals surface area contributed by atoms with Crippen molar-refractivity contribution in [2.24, 2.45) is 0 Å². The fraction of sp³-hybridized carbons (Fsp3) is 1.00. The highest BCUT2D eigenvalue weighted by Gasteiger charge is 2.28. The van der Waals surface area contributed by atoms with Gasteiger partial charge in [-0.1, -0.05) is 0 Å². The van der Waals surface area contributed by atoms with Gasteiger partial charge in [-0.2, -0.15) is 11.8 Å². The fourth-order valence-corrected chi connectivity index (χ4v) is 3.53. The molecule has 1 heterocycles. The summed E-state index contributed by atoms with van der Waals surface area (Å²) in [6.45, 7) is 6.20. The summed E-state index contributed by atoms with van der Waals surface area (Å²) in [5.41, 5.74) is 0. The van der Waals surface area contributed by atoms with Gasteiger partial charge in [0.1, 0.15) is 0 Å². The highest BCUT2D eigenvalue weighted by Crippen LogP contribution is 2.21. The molecule has 4 nitrogen and oxygen atoms in total. The SMILES string of the molecule is CSC(C)(C)CNS(=O)(=O)C1CCNCC1. The van der Waals surface area contributed by atoms with Crippen LogP contribution in [0.5, 0.6) is 0 Å². The lowest BCUT2D eigenvalue weighted by Crippen LogP contribution is -2.45. The van der Waals surface area contributed by atoms with Gasteiger partial charge in [-0.3, -0.25) is 0 Å². The van der Waals surface area contributed by atoms with Crippen LogP contribution in [-0.4, -0.2) is 44.3 Å². The number of nitrogens with one attached hydrogen (secondary N) is 2. The third kappa shape index (κ3) is 4.24. The van der Waals surface area contributed by atoms with Gasteiger partial charge >= 0.3 is 0 Å². The molecule has 1 aliphatic rings. The standard InChI is InChI=1S/C10H22N2O2S2/c1-10(2,15-3)8-12-16(13,14)9-4-6-11-7-5-9/h9,11-12H,4-8H2,1-3H3. The number of thioether (sulfide) groups is 1. The van der Waals surface area contributed by atoms with E-state index in [-0.39, 0.29) is 10.00 Å². The van der Waals surface area contributed by atoms with Crippen LogP contribution in [0.1, 0.15) is 26.7 Å². The minimum atomic E-state index is -3.13. The summed E-state index contributed by atoms with van der Waals surface area (Å²) in [6, 6.07) is 0. The normalized spacial score (nSPS) is 19.9. The van der Waals surface area contributed by atoms with E-state index in [9.17, 15) is 8.42 Å². The molecule has 0 amide bonds. The second-order valence-corrected chi connectivity index (χ2v) is 8.34. The van der Waals surface area contributed by atoms with Gasteiger partial charge in [0.15, 0.2) is 0 Å². The van der Waals surface area contributed by atoms with Crippen molar-refractivity contribution < 1.29 is 8.42 Å². The highest BCUT2D eigenvalue weighted by atomic mass is 32.2. The maximum absolute atomic E-state index is 12.0. The summed E-state index contributed by atoms with van der Waals surface area (Å²) in [7, 11) is -3.13. The van der Waals surface area contributed by atoms with Crippen LogP contribution in [0.4, 0.5) is 0 Å². The molecule has 6 heteroatoms. The molecule has 1 fully saturated rings. The van der Waals surface area contributed by atoms with Crippen LogP contribution >= 0.6 is 11.8 Å². The van der Waals surface area contributed by atoms with Gasteiger partial charge in [-0.05, 0) is 46.0 Å². The van der Waals surface area contributed by atoms with Crippen LogP contribution in [0.25, 0.3) is 0 Å². The van der Waals surface area contributed by atoms with E-state index >= 15 is 0 Å². The van der Waals surface area contributed by atoms with Crippen molar-refractivity contribution in [1.29, 1.82) is 0 Å². The summed E-state index contributed by atoms with van der Waals surface area (Å²) in [6.07, 6.45) is 3.43. The Bertz CT molecular complexity index is 309. The smallest absolute Gasteiger partial charge is 0.214 e. The number of piperidine rings is 1. The summed E-state index contributed by atoms with van der Waals surface area (Å²) < 4.78 is 26.7. The lowest BCUT2D eigenvalue weighted by molar-refractivity contribution is 0.487. The molecule has 0 saturated carbocycles. The van der Waals surface area contributed by atoms with Gasteiger partial charge in [-0.15, -0.1) is 0 Å². The average molecular weight is 266 g/mol. The van der Waals surface area contributed by atoms with Crippen LogP contribution in [0.2, 0.25) is 0 Å². The van der Waals surface area contributed by atoms with E-state index in [1.54, 1.807) is 11.8 Å². The van der Waals surface area contributed by atoms with Crippen molar-refractivity contribution in [2.45, 2.75) is 36.7 Å². The molecule has 0 radical (unpaired) electrons. The zero-order chi connectivity index (χ0) is 12.2. The zero-order valence-corrected chi connectivity index (χ0v) is 11.9. The molecule has 0 bridgehead atoms. The van der Waals surface area contributed by atoms with Crippen molar-refractivity contribution in [3.8, 4) is 0 Å². The Kier molecular flexibility index (Phi) is 5.10. The molecule has 0 aromatic heterocycles. The summed E-state index contributed by atoms with van der Waals surface area (Å²) in [4.78, 5) is 0. The number of rotatable bonds is 5. The molecule has 0 unspecified atom stereocenters. The first-order valence-corrected chi connectivity index (χ1v) is 8.39. The average Bonchev–Trinajstić information content (AvgIpc) is 2.28. The summed E-state index contributed by atoms with van der Waals surface area (Å²) in [5, 5.41) is 2.96. The van der Waals surface area contributed by atoms with E-state index < -0.39 is 10.0 Å². The van der Waals surface area contributed by atoms with Crippen LogP contribution in [-0.2, 0) is 10.0 Å². The Morgan fingerprint density at radius 1 is 1.38 bits per heavy atom. The molecular weight excluding hydrogens is 244 g/mol. The first-order valence-electron chi connectivity index (χ1n) is 5.62. The molecule has 0 aliphatic carbocycles. The van der Waals surface area contributed by atoms with Crippen LogP contribution < -0.4 is 10.0 Å². The summed E-state index contributed by atoms with van der Waals surface area (Å²) >= 11 is 1.68. The molecule has 0 aromatic carbocycles. The van der Waals surface area contributed by atoms with Crippen molar-refractivity contribution >= 4 is 21.8 Å². The number of hydrogen-bond donors (Lipinski definition) is 2. The minimum Gasteiger partial charge on any atom is -0.317 e. The van der Waals surface area contributed by atoms with Gasteiger partial charge < -0.3 is 5.32 Å². The Labute approximate surface area is 103 Å². The molecule has 0 spiro atoms. The maximum Gasteiger partial charge on any atom is 0.214 e. The molecule has 0 atom stereocenters. The third-order valence-electron chi connectivity index (χ3n) is 2.98. The molecule has 2 N–H and O–H groups in total. The van der Waals surface area contributed by atoms with Gasteiger partial charge in [0.05, 0.1) is 5.25 Å². The topological polar surface area (TPSA) is 58.2 Å². The van der Waals surface area contributed by atoms with Crippen molar-refractivity contribution in [1.82, 2.24) is 10.0 Å². The monoisotopic (exact) mass is 266 g/mol. The minimum absolute atomic E-state index is 0.0417. The van der Waals surface area contributed by atoms with Crippen molar-refractivity contribution in [3.05, 3.63) is 0 Å². The van der Waals surface area contributed by atoms with Crippen LogP contribution in [0, 0.1) is 0 Å². The highest BCUT2D eigenvalue weighted by molar-refractivity contribution is 8.00. The van der Waals surface area contributed by atoms with Gasteiger partial charge in [-0.25, -0.2) is 13.1 Å². The second-order valence-electron chi connectivity index (χ2n) is 4.78. The van der Waals surface area contributed by atoms with E-state index in [1.807, 2.05) is 20.1 Å². The first-order chi connectivity index (χ1) is 7.37. The molecule has 96 valence electrons. The van der Waals surface area contributed by atoms with Crippen LogP contribution in [0.15, 0.2) is 0 Å². The number of hydrogen-bond acceptors (Lipinski definition) is 4. The second kappa shape index (κ2) is 5.71. The lowest BCUT2D eigenvalue weighted by atomic mass is 10.2. The van der Waals surface area contributed by atoms with Gasteiger partial charge in [0.2, 0.25) is 10.0 Å². The largest absolute Gasteiger partial charge is 0.317 e. The van der Waals surface area contributed by atoms with E-state index in [0.29, 0.717) is 6.54 Å². The molecule has 1 rings (SSSR count). The van der Waals surface area contributed by atoms with Crippen LogP contribution in [0.3, 0.4) is 0 Å². The predicted molar refractivity (Wildman–Crippen MR) is 70.4 cm³/mol. The molecular formula is C10H22N2O2S2. The van der Waals surface area contributed by atoms with E-state index in [2.05, 4.69) is 10.0 Å². The van der Waals surface area contributed by atoms with Crippen molar-refractivity contribution in [2.75, 3.05) is 25.9 Å². The van der Waals surface area contributed by atoms with E-state index in [4.69, 9.17) is 0 Å². The van der Waals surface area contributed by atoms with E-state index in [1.165, 1.54) is 0 Å². The zero-order valence-electron chi connectivity index (χ0n) is 10.2. The van der Waals surface area contributed by atoms with Gasteiger partial charge in [0, 0.05) is 11.3 Å². The Balaban J connectivity index is 2.51. The Hall–Kier alpha value is 0.220.